The summed E-state index contributed by atoms with van der Waals surface area (Å²) in [5.41, 5.74) is -1.42. The molecule has 0 unspecified atom stereocenters. The minimum Gasteiger partial charge on any atom is -0.464 e. The highest BCUT2D eigenvalue weighted by atomic mass is 16.6. The van der Waals surface area contributed by atoms with Crippen molar-refractivity contribution in [2.24, 2.45) is 0 Å². The Balaban J connectivity index is 2.53. The second kappa shape index (κ2) is 5.32. The Hall–Kier alpha value is -0.610. The van der Waals surface area contributed by atoms with Crippen molar-refractivity contribution in [1.29, 1.82) is 0 Å². The van der Waals surface area contributed by atoms with Crippen LogP contribution in [0.15, 0.2) is 0 Å². The van der Waals surface area contributed by atoms with E-state index in [1.54, 1.807) is 6.92 Å². The third-order valence-corrected chi connectivity index (χ3v) is 2.38. The molecule has 1 N–H and O–H groups in total. The Kier molecular flexibility index (Phi) is 4.35. The van der Waals surface area contributed by atoms with Crippen molar-refractivity contribution in [3.05, 3.63) is 0 Å². The molecule has 4 heteroatoms. The lowest BCUT2D eigenvalue weighted by atomic mass is 9.96. The van der Waals surface area contributed by atoms with Gasteiger partial charge in [0.25, 0.3) is 0 Å². The first-order valence-electron chi connectivity index (χ1n) is 5.16. The molecule has 0 aromatic heterocycles. The van der Waals surface area contributed by atoms with Crippen LogP contribution in [0.1, 0.15) is 32.6 Å². The van der Waals surface area contributed by atoms with Crippen molar-refractivity contribution < 1.29 is 19.4 Å². The summed E-state index contributed by atoms with van der Waals surface area (Å²) in [7, 11) is 0. The summed E-state index contributed by atoms with van der Waals surface area (Å²) >= 11 is 0. The van der Waals surface area contributed by atoms with E-state index in [1.807, 2.05) is 0 Å². The number of esters is 1. The quantitative estimate of drug-likeness (QED) is 0.675. The molecule has 0 radical (unpaired) electrons. The Bertz CT molecular complexity index is 183. The fraction of sp³-hybridized carbons (Fsp3) is 0.900. The molecule has 14 heavy (non-hydrogen) atoms. The molecule has 1 atom stereocenters. The summed E-state index contributed by atoms with van der Waals surface area (Å²) in [6, 6.07) is 0. The van der Waals surface area contributed by atoms with Crippen LogP contribution in [0.5, 0.6) is 0 Å². The molecular formula is C10H18O4. The van der Waals surface area contributed by atoms with Gasteiger partial charge in [0.2, 0.25) is 0 Å². The fourth-order valence-corrected chi connectivity index (χ4v) is 1.54. The summed E-state index contributed by atoms with van der Waals surface area (Å²) in [4.78, 5) is 11.4. The van der Waals surface area contributed by atoms with Gasteiger partial charge in [0.05, 0.1) is 13.2 Å². The average molecular weight is 202 g/mol. The second-order valence-corrected chi connectivity index (χ2v) is 3.62. The van der Waals surface area contributed by atoms with E-state index in [-0.39, 0.29) is 6.61 Å². The fourth-order valence-electron chi connectivity index (χ4n) is 1.54. The molecule has 1 fully saturated rings. The zero-order chi connectivity index (χ0) is 10.4. The predicted molar refractivity (Wildman–Crippen MR) is 50.9 cm³/mol. The van der Waals surface area contributed by atoms with Gasteiger partial charge in [-0.1, -0.05) is 6.42 Å². The third-order valence-electron chi connectivity index (χ3n) is 2.38. The predicted octanol–water partition coefficient (Wildman–Crippen LogP) is 0.871. The van der Waals surface area contributed by atoms with Gasteiger partial charge in [0.15, 0.2) is 5.60 Å². The van der Waals surface area contributed by atoms with Gasteiger partial charge in [0, 0.05) is 6.61 Å². The van der Waals surface area contributed by atoms with E-state index in [1.165, 1.54) is 0 Å². The van der Waals surface area contributed by atoms with E-state index in [4.69, 9.17) is 9.47 Å². The van der Waals surface area contributed by atoms with Crippen molar-refractivity contribution in [3.8, 4) is 0 Å². The summed E-state index contributed by atoms with van der Waals surface area (Å²) < 4.78 is 10.0. The van der Waals surface area contributed by atoms with Gasteiger partial charge in [-0.2, -0.15) is 0 Å². The highest BCUT2D eigenvalue weighted by Crippen LogP contribution is 2.20. The summed E-state index contributed by atoms with van der Waals surface area (Å²) in [6.07, 6.45) is 3.27. The lowest BCUT2D eigenvalue weighted by Gasteiger charge is -2.27. The maximum absolute atomic E-state index is 11.4. The molecule has 1 aliphatic heterocycles. The van der Waals surface area contributed by atoms with Gasteiger partial charge >= 0.3 is 5.97 Å². The molecule has 1 heterocycles. The van der Waals surface area contributed by atoms with Crippen molar-refractivity contribution in [2.75, 3.05) is 19.8 Å². The topological polar surface area (TPSA) is 55.8 Å². The van der Waals surface area contributed by atoms with Gasteiger partial charge in [-0.05, 0) is 26.2 Å². The molecule has 1 rings (SSSR count). The highest BCUT2D eigenvalue weighted by molar-refractivity contribution is 5.79. The Morgan fingerprint density at radius 1 is 1.50 bits per heavy atom. The minimum absolute atomic E-state index is 0.0613. The van der Waals surface area contributed by atoms with Crippen molar-refractivity contribution >= 4 is 5.97 Å². The number of hydrogen-bond donors (Lipinski definition) is 1. The van der Waals surface area contributed by atoms with Crippen LogP contribution >= 0.6 is 0 Å². The molecule has 0 aromatic rings. The van der Waals surface area contributed by atoms with Crippen molar-refractivity contribution in [3.63, 3.8) is 0 Å². The van der Waals surface area contributed by atoms with Gasteiger partial charge < -0.3 is 14.6 Å². The Morgan fingerprint density at radius 3 is 3.00 bits per heavy atom. The van der Waals surface area contributed by atoms with E-state index in [0.29, 0.717) is 19.6 Å². The third kappa shape index (κ3) is 2.96. The van der Waals surface area contributed by atoms with Gasteiger partial charge in [-0.25, -0.2) is 4.79 Å². The van der Waals surface area contributed by atoms with Gasteiger partial charge in [0.1, 0.15) is 0 Å². The zero-order valence-corrected chi connectivity index (χ0v) is 8.62. The zero-order valence-electron chi connectivity index (χ0n) is 8.62. The summed E-state index contributed by atoms with van der Waals surface area (Å²) in [5.74, 6) is -0.554. The smallest absolute Gasteiger partial charge is 0.340 e. The van der Waals surface area contributed by atoms with E-state index in [2.05, 4.69) is 0 Å². The average Bonchev–Trinajstić information content (AvgIpc) is 2.12. The van der Waals surface area contributed by atoms with Crippen LogP contribution in [0.25, 0.3) is 0 Å². The van der Waals surface area contributed by atoms with Crippen molar-refractivity contribution in [1.82, 2.24) is 0 Å². The van der Waals surface area contributed by atoms with E-state index < -0.39 is 11.6 Å². The van der Waals surface area contributed by atoms with Gasteiger partial charge in [-0.15, -0.1) is 0 Å². The lowest BCUT2D eigenvalue weighted by Crippen LogP contribution is -2.45. The largest absolute Gasteiger partial charge is 0.464 e. The van der Waals surface area contributed by atoms with Gasteiger partial charge in [-0.3, -0.25) is 0 Å². The summed E-state index contributed by atoms with van der Waals surface area (Å²) in [5, 5.41) is 9.98. The first kappa shape index (κ1) is 11.5. The molecular weight excluding hydrogens is 184 g/mol. The second-order valence-electron chi connectivity index (χ2n) is 3.62. The monoisotopic (exact) mass is 202 g/mol. The molecule has 0 aromatic carbocycles. The molecule has 0 bridgehead atoms. The maximum Gasteiger partial charge on any atom is 0.340 e. The van der Waals surface area contributed by atoms with Crippen molar-refractivity contribution in [2.45, 2.75) is 38.2 Å². The number of rotatable bonds is 2. The normalized spacial score (nSPS) is 29.0. The van der Waals surface area contributed by atoms with E-state index in [0.717, 1.165) is 19.3 Å². The van der Waals surface area contributed by atoms with Crippen LogP contribution in [0.2, 0.25) is 0 Å². The van der Waals surface area contributed by atoms with Crippen LogP contribution in [-0.2, 0) is 14.3 Å². The molecule has 0 saturated carbocycles. The standard InChI is InChI=1S/C10H18O4/c1-2-14-9(11)10(12)6-4-3-5-7-13-8-10/h12H,2-8H2,1H3/t10-/m1/s1. The molecule has 0 aliphatic carbocycles. The molecule has 4 nitrogen and oxygen atoms in total. The number of hydrogen-bond acceptors (Lipinski definition) is 4. The number of carbonyl (C=O) groups is 1. The maximum atomic E-state index is 11.4. The molecule has 0 spiro atoms. The van der Waals surface area contributed by atoms with E-state index in [9.17, 15) is 9.90 Å². The highest BCUT2D eigenvalue weighted by Gasteiger charge is 2.37. The first-order chi connectivity index (χ1) is 6.69. The van der Waals surface area contributed by atoms with Crippen LogP contribution < -0.4 is 0 Å². The number of ether oxygens (including phenoxy) is 2. The van der Waals surface area contributed by atoms with Crippen LogP contribution in [-0.4, -0.2) is 36.5 Å². The number of aliphatic hydroxyl groups is 1. The minimum atomic E-state index is -1.42. The molecule has 1 saturated heterocycles. The molecule has 0 amide bonds. The van der Waals surface area contributed by atoms with Crippen LogP contribution in [0.3, 0.4) is 0 Å². The first-order valence-corrected chi connectivity index (χ1v) is 5.16. The van der Waals surface area contributed by atoms with Crippen LogP contribution in [0.4, 0.5) is 0 Å². The molecule has 82 valence electrons. The van der Waals surface area contributed by atoms with Crippen LogP contribution in [0, 0.1) is 0 Å². The summed E-state index contributed by atoms with van der Waals surface area (Å²) in [6.45, 7) is 2.69. The lowest BCUT2D eigenvalue weighted by molar-refractivity contribution is -0.173. The van der Waals surface area contributed by atoms with E-state index >= 15 is 0 Å². The Morgan fingerprint density at radius 2 is 2.29 bits per heavy atom. The SMILES string of the molecule is CCOC(=O)[C@@]1(O)CCCCCOC1. The Labute approximate surface area is 84.2 Å². The molecule has 1 aliphatic rings. The number of carbonyl (C=O) groups excluding carboxylic acids is 1.